The summed E-state index contributed by atoms with van der Waals surface area (Å²) in [6, 6.07) is 20.8. The summed E-state index contributed by atoms with van der Waals surface area (Å²) >= 11 is 1.99. The molecule has 3 nitrogen and oxygen atoms in total. The minimum Gasteiger partial charge on any atom is -0.494 e. The first-order valence-electron chi connectivity index (χ1n) is 14.2. The first-order chi connectivity index (χ1) is 17.4. The molecule has 2 aliphatic heterocycles. The van der Waals surface area contributed by atoms with E-state index >= 15 is 0 Å². The fraction of sp³-hybridized carbons (Fsp3) is 0.613. The number of unbranched alkanes of at least 4 members (excludes halogenated alkanes) is 5. The Morgan fingerprint density at radius 1 is 0.571 bits per heavy atom. The molecule has 0 atom stereocenters. The molecule has 2 aliphatic rings. The Balaban J connectivity index is 0.000000196. The third-order valence-electron chi connectivity index (χ3n) is 6.91. The van der Waals surface area contributed by atoms with Gasteiger partial charge in [-0.25, -0.2) is 0 Å². The molecule has 0 bridgehead atoms. The van der Waals surface area contributed by atoms with E-state index in [1.807, 2.05) is 42.1 Å². The van der Waals surface area contributed by atoms with E-state index in [1.54, 1.807) is 0 Å². The van der Waals surface area contributed by atoms with Crippen LogP contribution in [0, 0.1) is 0 Å². The van der Waals surface area contributed by atoms with Crippen LogP contribution < -0.4 is 4.74 Å². The average molecular weight is 497 g/mol. The maximum atomic E-state index is 5.68. The van der Waals surface area contributed by atoms with E-state index in [0.717, 1.165) is 12.4 Å². The maximum absolute atomic E-state index is 5.68. The summed E-state index contributed by atoms with van der Waals surface area (Å²) < 4.78 is 5.68. The van der Waals surface area contributed by atoms with Gasteiger partial charge in [-0.2, -0.15) is 0 Å². The molecule has 2 aromatic rings. The van der Waals surface area contributed by atoms with Gasteiger partial charge in [0.15, 0.2) is 0 Å². The molecular formula is C31H48N2OS. The zero-order chi connectivity index (χ0) is 24.2. The van der Waals surface area contributed by atoms with Crippen LogP contribution in [-0.4, -0.2) is 61.4 Å². The van der Waals surface area contributed by atoms with Crippen molar-refractivity contribution in [3.8, 4) is 5.75 Å². The summed E-state index contributed by atoms with van der Waals surface area (Å²) in [6.45, 7) is 8.84. The van der Waals surface area contributed by atoms with Crippen LogP contribution in [0.2, 0.25) is 0 Å². The highest BCUT2D eigenvalue weighted by atomic mass is 32.2. The van der Waals surface area contributed by atoms with Gasteiger partial charge >= 0.3 is 0 Å². The number of thioether (sulfide) groups is 1. The minimum atomic E-state index is 0.855. The molecule has 0 aromatic heterocycles. The molecule has 194 valence electrons. The molecular weight excluding hydrogens is 448 g/mol. The second kappa shape index (κ2) is 18.7. The topological polar surface area (TPSA) is 15.7 Å². The van der Waals surface area contributed by atoms with E-state index in [1.165, 1.54) is 121 Å². The average Bonchev–Trinajstić information content (AvgIpc) is 3.62. The third-order valence-corrected chi connectivity index (χ3v) is 8.01. The smallest absolute Gasteiger partial charge is 0.119 e. The van der Waals surface area contributed by atoms with Gasteiger partial charge in [0.25, 0.3) is 0 Å². The number of benzene rings is 2. The summed E-state index contributed by atoms with van der Waals surface area (Å²) in [5.74, 6) is 2.26. The van der Waals surface area contributed by atoms with Crippen molar-refractivity contribution in [2.24, 2.45) is 0 Å². The zero-order valence-corrected chi connectivity index (χ0v) is 22.7. The van der Waals surface area contributed by atoms with Crippen LogP contribution in [0.4, 0.5) is 0 Å². The van der Waals surface area contributed by atoms with Crippen molar-refractivity contribution >= 4 is 11.8 Å². The number of hydrogen-bond acceptors (Lipinski definition) is 4. The summed E-state index contributed by atoms with van der Waals surface area (Å²) in [5, 5.41) is 0. The molecule has 0 N–H and O–H groups in total. The van der Waals surface area contributed by atoms with E-state index in [4.69, 9.17) is 4.74 Å². The van der Waals surface area contributed by atoms with Gasteiger partial charge in [-0.1, -0.05) is 55.7 Å². The third kappa shape index (κ3) is 13.4. The fourth-order valence-electron chi connectivity index (χ4n) is 4.83. The molecule has 2 aromatic carbocycles. The Morgan fingerprint density at radius 3 is 1.69 bits per heavy atom. The number of rotatable bonds is 15. The quantitative estimate of drug-likeness (QED) is 0.185. The van der Waals surface area contributed by atoms with Crippen molar-refractivity contribution < 1.29 is 4.74 Å². The van der Waals surface area contributed by atoms with E-state index in [-0.39, 0.29) is 0 Å². The summed E-state index contributed by atoms with van der Waals surface area (Å²) in [4.78, 5) is 6.62. The standard InChI is InChI=1S/C16H25NO.C15H23NS/c1(6-12-17-13-7-8-14-17)2-9-15-18-16-10-4-3-5-11-16;1-3-9-15(10-4-1)17-14-8-2-5-11-16-12-6-7-13-16/h3-5,10-11H,1-2,6-9,12-15H2;1,3-4,9-10H,2,5-8,11-14H2. The van der Waals surface area contributed by atoms with Crippen LogP contribution in [0.15, 0.2) is 65.6 Å². The van der Waals surface area contributed by atoms with Gasteiger partial charge in [0.1, 0.15) is 5.75 Å². The lowest BCUT2D eigenvalue weighted by Crippen LogP contribution is -2.20. The Hall–Kier alpha value is -1.49. The lowest BCUT2D eigenvalue weighted by Gasteiger charge is -2.13. The molecule has 35 heavy (non-hydrogen) atoms. The number of likely N-dealkylation sites (tertiary alicyclic amines) is 2. The Labute approximate surface area is 219 Å². The molecule has 2 fully saturated rings. The molecule has 0 amide bonds. The SMILES string of the molecule is c1ccc(OCCCCCCN2CCCC2)cc1.c1ccc(SCCCCCN2CCCC2)cc1. The van der Waals surface area contributed by atoms with Crippen LogP contribution >= 0.6 is 11.8 Å². The van der Waals surface area contributed by atoms with E-state index in [0.29, 0.717) is 0 Å². The Morgan fingerprint density at radius 2 is 1.09 bits per heavy atom. The summed E-state index contributed by atoms with van der Waals surface area (Å²) in [5.41, 5.74) is 0. The van der Waals surface area contributed by atoms with Gasteiger partial charge in [-0.3, -0.25) is 0 Å². The first kappa shape index (κ1) is 28.1. The van der Waals surface area contributed by atoms with Crippen LogP contribution in [0.5, 0.6) is 5.75 Å². The van der Waals surface area contributed by atoms with Crippen molar-refractivity contribution in [1.82, 2.24) is 9.80 Å². The predicted molar refractivity (Wildman–Crippen MR) is 153 cm³/mol. The predicted octanol–water partition coefficient (Wildman–Crippen LogP) is 7.77. The lowest BCUT2D eigenvalue weighted by molar-refractivity contribution is 0.297. The molecule has 0 radical (unpaired) electrons. The summed E-state index contributed by atoms with van der Waals surface area (Å²) in [7, 11) is 0. The van der Waals surface area contributed by atoms with Gasteiger partial charge in [0.05, 0.1) is 6.61 Å². The highest BCUT2D eigenvalue weighted by molar-refractivity contribution is 7.99. The van der Waals surface area contributed by atoms with E-state index in [2.05, 4.69) is 40.1 Å². The molecule has 0 saturated carbocycles. The number of para-hydroxylation sites is 1. The van der Waals surface area contributed by atoms with Crippen LogP contribution in [0.25, 0.3) is 0 Å². The van der Waals surface area contributed by atoms with Crippen molar-refractivity contribution in [2.45, 2.75) is 75.5 Å². The second-order valence-corrected chi connectivity index (χ2v) is 11.1. The fourth-order valence-corrected chi connectivity index (χ4v) is 5.76. The molecule has 0 spiro atoms. The first-order valence-corrected chi connectivity index (χ1v) is 15.2. The number of ether oxygens (including phenoxy) is 1. The number of nitrogens with zero attached hydrogens (tertiary/aromatic N) is 2. The van der Waals surface area contributed by atoms with Gasteiger partial charge in [-0.05, 0) is 121 Å². The van der Waals surface area contributed by atoms with Crippen LogP contribution in [0.1, 0.15) is 70.6 Å². The van der Waals surface area contributed by atoms with Crippen molar-refractivity contribution in [1.29, 1.82) is 0 Å². The van der Waals surface area contributed by atoms with Crippen molar-refractivity contribution in [2.75, 3.05) is 51.6 Å². The summed E-state index contributed by atoms with van der Waals surface area (Å²) in [6.07, 6.45) is 14.9. The highest BCUT2D eigenvalue weighted by Gasteiger charge is 2.10. The maximum Gasteiger partial charge on any atom is 0.119 e. The molecule has 0 unspecified atom stereocenters. The zero-order valence-electron chi connectivity index (χ0n) is 21.9. The van der Waals surface area contributed by atoms with Crippen molar-refractivity contribution in [3.05, 3.63) is 60.7 Å². The van der Waals surface area contributed by atoms with Crippen molar-refractivity contribution in [3.63, 3.8) is 0 Å². The normalized spacial score (nSPS) is 16.2. The molecule has 4 rings (SSSR count). The van der Waals surface area contributed by atoms with Gasteiger partial charge < -0.3 is 14.5 Å². The van der Waals surface area contributed by atoms with Gasteiger partial charge in [0, 0.05) is 4.90 Å². The lowest BCUT2D eigenvalue weighted by atomic mass is 10.2. The molecule has 2 heterocycles. The van der Waals surface area contributed by atoms with E-state index < -0.39 is 0 Å². The number of hydrogen-bond donors (Lipinski definition) is 0. The Kier molecular flexibility index (Phi) is 15.0. The highest BCUT2D eigenvalue weighted by Crippen LogP contribution is 2.19. The minimum absolute atomic E-state index is 0.855. The van der Waals surface area contributed by atoms with E-state index in [9.17, 15) is 0 Å². The second-order valence-electron chi connectivity index (χ2n) is 9.90. The van der Waals surface area contributed by atoms with Crippen LogP contribution in [0.3, 0.4) is 0 Å². The largest absolute Gasteiger partial charge is 0.494 e. The van der Waals surface area contributed by atoms with Gasteiger partial charge in [-0.15, -0.1) is 11.8 Å². The molecule has 0 aliphatic carbocycles. The van der Waals surface area contributed by atoms with Crippen LogP contribution in [-0.2, 0) is 0 Å². The molecule has 2 saturated heterocycles. The monoisotopic (exact) mass is 496 g/mol. The Bertz CT molecular complexity index is 730. The molecule has 4 heteroatoms. The van der Waals surface area contributed by atoms with Gasteiger partial charge in [0.2, 0.25) is 0 Å².